The normalized spacial score (nSPS) is 30.2. The highest BCUT2D eigenvalue weighted by Crippen LogP contribution is 2.42. The predicted octanol–water partition coefficient (Wildman–Crippen LogP) is 4.81. The van der Waals surface area contributed by atoms with E-state index in [1.807, 2.05) is 11.3 Å². The standard InChI is InChI=1S/C17H28N2S/c1-3-5-12-8-10-13(11-9-12)17-19-16-14(18-2)6-4-7-15(16)20-17/h12-14,18H,3-11H2,1-2H3. The molecule has 0 bridgehead atoms. The van der Waals surface area contributed by atoms with Crippen molar-refractivity contribution in [3.05, 3.63) is 15.6 Å². The van der Waals surface area contributed by atoms with Crippen LogP contribution in [-0.4, -0.2) is 12.0 Å². The van der Waals surface area contributed by atoms with Crippen LogP contribution in [0.4, 0.5) is 0 Å². The lowest BCUT2D eigenvalue weighted by Gasteiger charge is -2.27. The summed E-state index contributed by atoms with van der Waals surface area (Å²) in [7, 11) is 2.08. The van der Waals surface area contributed by atoms with Crippen LogP contribution in [0.2, 0.25) is 0 Å². The van der Waals surface area contributed by atoms with Crippen LogP contribution in [0.1, 0.15) is 85.8 Å². The van der Waals surface area contributed by atoms with E-state index in [4.69, 9.17) is 4.98 Å². The first-order chi connectivity index (χ1) is 9.81. The minimum absolute atomic E-state index is 0.514. The van der Waals surface area contributed by atoms with E-state index in [1.165, 1.54) is 68.5 Å². The first kappa shape index (κ1) is 14.5. The van der Waals surface area contributed by atoms with Crippen molar-refractivity contribution in [2.45, 2.75) is 76.7 Å². The quantitative estimate of drug-likeness (QED) is 0.861. The molecule has 2 aliphatic carbocycles. The van der Waals surface area contributed by atoms with Gasteiger partial charge in [-0.15, -0.1) is 11.3 Å². The summed E-state index contributed by atoms with van der Waals surface area (Å²) in [6.45, 7) is 2.32. The molecule has 1 fully saturated rings. The van der Waals surface area contributed by atoms with Gasteiger partial charge in [0.1, 0.15) is 0 Å². The number of thiazole rings is 1. The third-order valence-electron chi connectivity index (χ3n) is 5.21. The van der Waals surface area contributed by atoms with Crippen molar-refractivity contribution in [2.24, 2.45) is 5.92 Å². The molecule has 2 aliphatic rings. The van der Waals surface area contributed by atoms with Gasteiger partial charge in [0.25, 0.3) is 0 Å². The molecule has 0 saturated heterocycles. The van der Waals surface area contributed by atoms with Gasteiger partial charge in [0, 0.05) is 10.8 Å². The molecule has 3 rings (SSSR count). The summed E-state index contributed by atoms with van der Waals surface area (Å²) in [5.41, 5.74) is 1.38. The number of aromatic nitrogens is 1. The second kappa shape index (κ2) is 6.57. The lowest BCUT2D eigenvalue weighted by atomic mass is 9.80. The first-order valence-electron chi connectivity index (χ1n) is 8.48. The molecule has 1 aromatic rings. The van der Waals surface area contributed by atoms with E-state index < -0.39 is 0 Å². The van der Waals surface area contributed by atoms with E-state index in [2.05, 4.69) is 19.3 Å². The molecule has 20 heavy (non-hydrogen) atoms. The smallest absolute Gasteiger partial charge is 0.0962 e. The fourth-order valence-electron chi connectivity index (χ4n) is 4.00. The van der Waals surface area contributed by atoms with Gasteiger partial charge in [-0.2, -0.15) is 0 Å². The van der Waals surface area contributed by atoms with Crippen LogP contribution in [0, 0.1) is 5.92 Å². The molecule has 1 N–H and O–H groups in total. The maximum atomic E-state index is 5.05. The van der Waals surface area contributed by atoms with Gasteiger partial charge >= 0.3 is 0 Å². The third kappa shape index (κ3) is 2.94. The summed E-state index contributed by atoms with van der Waals surface area (Å²) in [4.78, 5) is 6.62. The number of hydrogen-bond donors (Lipinski definition) is 1. The highest BCUT2D eigenvalue weighted by molar-refractivity contribution is 7.11. The molecular weight excluding hydrogens is 264 g/mol. The molecule has 0 radical (unpaired) electrons. The Kier molecular flexibility index (Phi) is 4.77. The van der Waals surface area contributed by atoms with Crippen molar-refractivity contribution < 1.29 is 0 Å². The predicted molar refractivity (Wildman–Crippen MR) is 86.5 cm³/mol. The van der Waals surface area contributed by atoms with Gasteiger partial charge in [0.15, 0.2) is 0 Å². The van der Waals surface area contributed by atoms with E-state index in [0.717, 1.165) is 11.8 Å². The fourth-order valence-corrected chi connectivity index (χ4v) is 5.34. The Morgan fingerprint density at radius 3 is 2.70 bits per heavy atom. The summed E-state index contributed by atoms with van der Waals surface area (Å²) in [5.74, 6) is 1.76. The largest absolute Gasteiger partial charge is 0.312 e. The molecule has 0 aromatic carbocycles. The SMILES string of the molecule is CCCC1CCC(c2nc3c(s2)CCCC3NC)CC1. The summed E-state index contributed by atoms with van der Waals surface area (Å²) in [5, 5.41) is 4.90. The van der Waals surface area contributed by atoms with E-state index in [-0.39, 0.29) is 0 Å². The van der Waals surface area contributed by atoms with Crippen LogP contribution in [-0.2, 0) is 6.42 Å². The zero-order chi connectivity index (χ0) is 13.9. The van der Waals surface area contributed by atoms with Crippen molar-refractivity contribution in [1.82, 2.24) is 10.3 Å². The zero-order valence-corrected chi connectivity index (χ0v) is 13.8. The average Bonchev–Trinajstić information content (AvgIpc) is 2.92. The lowest BCUT2D eigenvalue weighted by Crippen LogP contribution is -2.21. The summed E-state index contributed by atoms with van der Waals surface area (Å²) in [6, 6.07) is 0.514. The Morgan fingerprint density at radius 1 is 1.20 bits per heavy atom. The molecule has 0 aliphatic heterocycles. The van der Waals surface area contributed by atoms with Crippen LogP contribution >= 0.6 is 11.3 Å². The van der Waals surface area contributed by atoms with Crippen molar-refractivity contribution >= 4 is 11.3 Å². The van der Waals surface area contributed by atoms with Crippen molar-refractivity contribution in [1.29, 1.82) is 0 Å². The number of hydrogen-bond acceptors (Lipinski definition) is 3. The summed E-state index contributed by atoms with van der Waals surface area (Å²) >= 11 is 2.02. The monoisotopic (exact) mass is 292 g/mol. The topological polar surface area (TPSA) is 24.9 Å². The van der Waals surface area contributed by atoms with Crippen molar-refractivity contribution in [3.63, 3.8) is 0 Å². The van der Waals surface area contributed by atoms with Crippen LogP contribution in [0.15, 0.2) is 0 Å². The maximum absolute atomic E-state index is 5.05. The van der Waals surface area contributed by atoms with Crippen LogP contribution < -0.4 is 5.32 Å². The molecule has 1 saturated carbocycles. The highest BCUT2D eigenvalue weighted by atomic mass is 32.1. The number of nitrogens with zero attached hydrogens (tertiary/aromatic N) is 1. The van der Waals surface area contributed by atoms with Crippen molar-refractivity contribution in [2.75, 3.05) is 7.05 Å². The Bertz CT molecular complexity index is 432. The van der Waals surface area contributed by atoms with Crippen molar-refractivity contribution in [3.8, 4) is 0 Å². The first-order valence-corrected chi connectivity index (χ1v) is 9.30. The number of fused-ring (bicyclic) bond motifs is 1. The number of aryl methyl sites for hydroxylation is 1. The van der Waals surface area contributed by atoms with E-state index in [9.17, 15) is 0 Å². The van der Waals surface area contributed by atoms with Gasteiger partial charge < -0.3 is 5.32 Å². The second-order valence-electron chi connectivity index (χ2n) is 6.60. The Morgan fingerprint density at radius 2 is 2.00 bits per heavy atom. The molecule has 1 aromatic heterocycles. The van der Waals surface area contributed by atoms with Gasteiger partial charge in [-0.1, -0.05) is 19.8 Å². The molecule has 0 amide bonds. The third-order valence-corrected chi connectivity index (χ3v) is 6.51. The molecular formula is C17H28N2S. The molecule has 1 unspecified atom stereocenters. The fraction of sp³-hybridized carbons (Fsp3) is 0.824. The van der Waals surface area contributed by atoms with Gasteiger partial charge in [0.2, 0.25) is 0 Å². The summed E-state index contributed by atoms with van der Waals surface area (Å²) in [6.07, 6.45) is 12.2. The van der Waals surface area contributed by atoms with Gasteiger partial charge in [0.05, 0.1) is 16.7 Å². The van der Waals surface area contributed by atoms with E-state index in [0.29, 0.717) is 6.04 Å². The number of rotatable bonds is 4. The molecule has 0 spiro atoms. The van der Waals surface area contributed by atoms with Crippen LogP contribution in [0.3, 0.4) is 0 Å². The zero-order valence-electron chi connectivity index (χ0n) is 13.0. The van der Waals surface area contributed by atoms with E-state index in [1.54, 1.807) is 4.88 Å². The van der Waals surface area contributed by atoms with Gasteiger partial charge in [-0.05, 0) is 57.9 Å². The Labute approximate surface area is 127 Å². The van der Waals surface area contributed by atoms with Gasteiger partial charge in [-0.25, -0.2) is 4.98 Å². The Balaban J connectivity index is 1.68. The molecule has 1 heterocycles. The molecule has 1 atom stereocenters. The van der Waals surface area contributed by atoms with Gasteiger partial charge in [-0.3, -0.25) is 0 Å². The van der Waals surface area contributed by atoms with Crippen LogP contribution in [0.5, 0.6) is 0 Å². The minimum Gasteiger partial charge on any atom is -0.312 e. The summed E-state index contributed by atoms with van der Waals surface area (Å²) < 4.78 is 0. The number of nitrogens with one attached hydrogen (secondary N) is 1. The van der Waals surface area contributed by atoms with E-state index >= 15 is 0 Å². The minimum atomic E-state index is 0.514. The average molecular weight is 292 g/mol. The molecule has 3 heteroatoms. The van der Waals surface area contributed by atoms with Crippen LogP contribution in [0.25, 0.3) is 0 Å². The highest BCUT2D eigenvalue weighted by Gasteiger charge is 2.28. The molecule has 112 valence electrons. The second-order valence-corrected chi connectivity index (χ2v) is 7.72. The Hall–Kier alpha value is -0.410. The maximum Gasteiger partial charge on any atom is 0.0962 e. The molecule has 2 nitrogen and oxygen atoms in total. The lowest BCUT2D eigenvalue weighted by molar-refractivity contribution is 0.307.